The summed E-state index contributed by atoms with van der Waals surface area (Å²) in [4.78, 5) is 24.9. The second-order valence-electron chi connectivity index (χ2n) is 4.81. The minimum Gasteiger partial charge on any atom is -0.481 e. The Kier molecular flexibility index (Phi) is 3.71. The molecule has 1 aliphatic carbocycles. The van der Waals surface area contributed by atoms with Gasteiger partial charge in [0, 0.05) is 10.9 Å². The van der Waals surface area contributed by atoms with Crippen molar-refractivity contribution < 1.29 is 14.7 Å². The molecule has 18 heavy (non-hydrogen) atoms. The largest absolute Gasteiger partial charge is 0.481 e. The van der Waals surface area contributed by atoms with Crippen LogP contribution in [0.3, 0.4) is 0 Å². The molecule has 1 amide bonds. The molecule has 2 N–H and O–H groups in total. The second-order valence-corrected chi connectivity index (χ2v) is 6.06. The van der Waals surface area contributed by atoms with Crippen LogP contribution in [-0.4, -0.2) is 23.0 Å². The Morgan fingerprint density at radius 2 is 2.11 bits per heavy atom. The lowest BCUT2D eigenvalue weighted by atomic mass is 10.0. The van der Waals surface area contributed by atoms with Gasteiger partial charge in [-0.15, -0.1) is 11.3 Å². The summed E-state index contributed by atoms with van der Waals surface area (Å²) in [6.45, 7) is 3.95. The van der Waals surface area contributed by atoms with E-state index in [4.69, 9.17) is 5.11 Å². The molecule has 0 aliphatic heterocycles. The molecule has 0 unspecified atom stereocenters. The molecule has 2 atom stereocenters. The Labute approximate surface area is 110 Å². The lowest BCUT2D eigenvalue weighted by Crippen LogP contribution is -2.39. The van der Waals surface area contributed by atoms with Gasteiger partial charge in [0.1, 0.15) is 0 Å². The fourth-order valence-electron chi connectivity index (χ4n) is 2.35. The van der Waals surface area contributed by atoms with Gasteiger partial charge in [0.15, 0.2) is 0 Å². The van der Waals surface area contributed by atoms with Crippen LogP contribution in [0.5, 0.6) is 0 Å². The van der Waals surface area contributed by atoms with Crippen molar-refractivity contribution >= 4 is 23.2 Å². The third kappa shape index (κ3) is 2.56. The fraction of sp³-hybridized carbons (Fsp3) is 0.538. The van der Waals surface area contributed by atoms with Gasteiger partial charge in [-0.2, -0.15) is 0 Å². The maximum absolute atomic E-state index is 12.0. The molecule has 1 heterocycles. The summed E-state index contributed by atoms with van der Waals surface area (Å²) in [5, 5.41) is 11.9. The van der Waals surface area contributed by atoms with E-state index in [1.807, 2.05) is 19.9 Å². The third-order valence-electron chi connectivity index (χ3n) is 3.54. The van der Waals surface area contributed by atoms with Crippen LogP contribution < -0.4 is 5.32 Å². The van der Waals surface area contributed by atoms with Crippen LogP contribution >= 0.6 is 11.3 Å². The highest BCUT2D eigenvalue weighted by Gasteiger charge is 2.34. The number of aryl methyl sites for hydroxylation is 2. The zero-order chi connectivity index (χ0) is 13.3. The standard InChI is InChI=1S/C13H17NO3S/c1-7-6-11(18-8(7)2)12(15)14-10-5-3-4-9(10)13(16)17/h6,9-10H,3-5H2,1-2H3,(H,14,15)(H,16,17)/t9-,10+/m0/s1. The number of carbonyl (C=O) groups is 2. The van der Waals surface area contributed by atoms with Crippen LogP contribution in [0.4, 0.5) is 0 Å². The van der Waals surface area contributed by atoms with E-state index in [1.165, 1.54) is 11.3 Å². The first-order valence-corrected chi connectivity index (χ1v) is 6.91. The number of aliphatic carboxylic acids is 1. The molecule has 0 spiro atoms. The molecule has 1 aromatic rings. The molecule has 98 valence electrons. The molecule has 1 fully saturated rings. The average molecular weight is 267 g/mol. The summed E-state index contributed by atoms with van der Waals surface area (Å²) in [5.41, 5.74) is 1.10. The summed E-state index contributed by atoms with van der Waals surface area (Å²) in [6, 6.07) is 1.64. The Bertz CT molecular complexity index is 461. The normalized spacial score (nSPS) is 23.0. The van der Waals surface area contributed by atoms with Crippen LogP contribution in [0.1, 0.15) is 39.4 Å². The first kappa shape index (κ1) is 13.1. The third-order valence-corrected chi connectivity index (χ3v) is 4.69. The maximum Gasteiger partial charge on any atom is 0.308 e. The van der Waals surface area contributed by atoms with E-state index in [0.717, 1.165) is 23.3 Å². The maximum atomic E-state index is 12.0. The van der Waals surface area contributed by atoms with E-state index < -0.39 is 11.9 Å². The summed E-state index contributed by atoms with van der Waals surface area (Å²) in [7, 11) is 0. The molecule has 1 aliphatic rings. The summed E-state index contributed by atoms with van der Waals surface area (Å²) < 4.78 is 0. The lowest BCUT2D eigenvalue weighted by molar-refractivity contribution is -0.142. The van der Waals surface area contributed by atoms with Crippen LogP contribution in [-0.2, 0) is 4.79 Å². The quantitative estimate of drug-likeness (QED) is 0.883. The summed E-state index contributed by atoms with van der Waals surface area (Å²) in [6.07, 6.45) is 2.28. The van der Waals surface area contributed by atoms with Crippen LogP contribution in [0.25, 0.3) is 0 Å². The number of hydrogen-bond donors (Lipinski definition) is 2. The Morgan fingerprint density at radius 3 is 2.67 bits per heavy atom. The lowest BCUT2D eigenvalue weighted by Gasteiger charge is -2.16. The number of nitrogens with one attached hydrogen (secondary N) is 1. The first-order chi connectivity index (χ1) is 8.49. The molecule has 1 saturated carbocycles. The van der Waals surface area contributed by atoms with Gasteiger partial charge in [0.25, 0.3) is 5.91 Å². The van der Waals surface area contributed by atoms with Gasteiger partial charge in [-0.3, -0.25) is 9.59 Å². The minimum absolute atomic E-state index is 0.144. The van der Waals surface area contributed by atoms with Crippen molar-refractivity contribution in [3.05, 3.63) is 21.4 Å². The average Bonchev–Trinajstić information content (AvgIpc) is 2.87. The van der Waals surface area contributed by atoms with Crippen molar-refractivity contribution in [2.24, 2.45) is 5.92 Å². The molecule has 4 nitrogen and oxygen atoms in total. The van der Waals surface area contributed by atoms with E-state index in [1.54, 1.807) is 0 Å². The number of carboxylic acids is 1. The molecule has 1 aromatic heterocycles. The summed E-state index contributed by atoms with van der Waals surface area (Å²) >= 11 is 1.46. The van der Waals surface area contributed by atoms with Gasteiger partial charge in [0.2, 0.25) is 0 Å². The fourth-order valence-corrected chi connectivity index (χ4v) is 3.29. The molecular formula is C13H17NO3S. The second kappa shape index (κ2) is 5.10. The molecule has 0 aromatic carbocycles. The summed E-state index contributed by atoms with van der Waals surface area (Å²) in [5.74, 6) is -1.39. The van der Waals surface area contributed by atoms with E-state index in [-0.39, 0.29) is 11.9 Å². The van der Waals surface area contributed by atoms with E-state index in [9.17, 15) is 9.59 Å². The highest BCUT2D eigenvalue weighted by Crippen LogP contribution is 2.27. The van der Waals surface area contributed by atoms with Gasteiger partial charge in [0.05, 0.1) is 10.8 Å². The van der Waals surface area contributed by atoms with Crippen molar-refractivity contribution in [1.82, 2.24) is 5.32 Å². The van der Waals surface area contributed by atoms with E-state index in [2.05, 4.69) is 5.32 Å². The van der Waals surface area contributed by atoms with Gasteiger partial charge in [-0.05, 0) is 38.3 Å². The molecular weight excluding hydrogens is 250 g/mol. The van der Waals surface area contributed by atoms with Crippen molar-refractivity contribution in [3.8, 4) is 0 Å². The Hall–Kier alpha value is -1.36. The number of rotatable bonds is 3. The molecule has 2 rings (SSSR count). The SMILES string of the molecule is Cc1cc(C(=O)N[C@@H]2CCC[C@@H]2C(=O)O)sc1C. The first-order valence-electron chi connectivity index (χ1n) is 6.09. The number of hydrogen-bond acceptors (Lipinski definition) is 3. The zero-order valence-electron chi connectivity index (χ0n) is 10.5. The Balaban J connectivity index is 2.05. The van der Waals surface area contributed by atoms with Crippen molar-refractivity contribution in [1.29, 1.82) is 0 Å². The smallest absolute Gasteiger partial charge is 0.308 e. The van der Waals surface area contributed by atoms with E-state index >= 15 is 0 Å². The van der Waals surface area contributed by atoms with Crippen molar-refractivity contribution in [2.45, 2.75) is 39.2 Å². The predicted molar refractivity (Wildman–Crippen MR) is 70.0 cm³/mol. The number of amides is 1. The van der Waals surface area contributed by atoms with Crippen LogP contribution in [0, 0.1) is 19.8 Å². The van der Waals surface area contributed by atoms with Crippen molar-refractivity contribution in [2.75, 3.05) is 0 Å². The van der Waals surface area contributed by atoms with Crippen LogP contribution in [0.2, 0.25) is 0 Å². The number of carboxylic acid groups (broad SMARTS) is 1. The molecule has 0 saturated heterocycles. The predicted octanol–water partition coefficient (Wildman–Crippen LogP) is 2.35. The topological polar surface area (TPSA) is 66.4 Å². The van der Waals surface area contributed by atoms with Gasteiger partial charge in [-0.25, -0.2) is 0 Å². The zero-order valence-corrected chi connectivity index (χ0v) is 11.3. The van der Waals surface area contributed by atoms with Crippen molar-refractivity contribution in [3.63, 3.8) is 0 Å². The number of carbonyl (C=O) groups excluding carboxylic acids is 1. The van der Waals surface area contributed by atoms with Crippen LogP contribution in [0.15, 0.2) is 6.07 Å². The van der Waals surface area contributed by atoms with Gasteiger partial charge >= 0.3 is 5.97 Å². The highest BCUT2D eigenvalue weighted by molar-refractivity contribution is 7.14. The molecule has 5 heteroatoms. The van der Waals surface area contributed by atoms with Gasteiger partial charge in [-0.1, -0.05) is 6.42 Å². The Morgan fingerprint density at radius 1 is 1.39 bits per heavy atom. The minimum atomic E-state index is -0.809. The number of thiophene rings is 1. The molecule has 0 radical (unpaired) electrons. The highest BCUT2D eigenvalue weighted by atomic mass is 32.1. The molecule has 0 bridgehead atoms. The monoisotopic (exact) mass is 267 g/mol. The van der Waals surface area contributed by atoms with Gasteiger partial charge < -0.3 is 10.4 Å². The van der Waals surface area contributed by atoms with E-state index in [0.29, 0.717) is 11.3 Å².